The van der Waals surface area contributed by atoms with Crippen molar-refractivity contribution in [2.75, 3.05) is 13.2 Å². The van der Waals surface area contributed by atoms with Crippen molar-refractivity contribution in [3.05, 3.63) is 0 Å². The minimum atomic E-state index is -0.253. The van der Waals surface area contributed by atoms with E-state index in [0.717, 1.165) is 38.8 Å². The molecule has 3 heteroatoms. The molecule has 2 saturated heterocycles. The van der Waals surface area contributed by atoms with Gasteiger partial charge in [0.25, 0.3) is 0 Å². The highest BCUT2D eigenvalue weighted by atomic mass is 16.5. The molecule has 1 N–H and O–H groups in total. The van der Waals surface area contributed by atoms with Gasteiger partial charge in [0.05, 0.1) is 11.6 Å². The molecule has 0 radical (unpaired) electrons. The highest BCUT2D eigenvalue weighted by Gasteiger charge is 2.33. The number of ketones is 1. The van der Waals surface area contributed by atoms with Gasteiger partial charge >= 0.3 is 0 Å². The van der Waals surface area contributed by atoms with Gasteiger partial charge in [-0.2, -0.15) is 0 Å². The smallest absolute Gasteiger partial charge is 0.152 e. The van der Waals surface area contributed by atoms with Gasteiger partial charge < -0.3 is 10.1 Å². The Labute approximate surface area is 97.9 Å². The quantitative estimate of drug-likeness (QED) is 0.795. The fourth-order valence-corrected chi connectivity index (χ4v) is 2.73. The SMILES string of the molecule is CC1(C(=O)CCC2CCCO2)CCCCN1. The minimum Gasteiger partial charge on any atom is -0.378 e. The molecule has 2 heterocycles. The van der Waals surface area contributed by atoms with Crippen molar-refractivity contribution in [2.24, 2.45) is 0 Å². The minimum absolute atomic E-state index is 0.253. The van der Waals surface area contributed by atoms with E-state index in [1.54, 1.807) is 0 Å². The maximum atomic E-state index is 12.2. The van der Waals surface area contributed by atoms with Gasteiger partial charge in [-0.1, -0.05) is 0 Å². The second-order valence-corrected chi connectivity index (χ2v) is 5.31. The van der Waals surface area contributed by atoms with Gasteiger partial charge in [-0.3, -0.25) is 4.79 Å². The molecule has 92 valence electrons. The highest BCUT2D eigenvalue weighted by molar-refractivity contribution is 5.88. The second kappa shape index (κ2) is 5.28. The zero-order valence-corrected chi connectivity index (χ0v) is 10.3. The number of carbonyl (C=O) groups is 1. The van der Waals surface area contributed by atoms with E-state index in [9.17, 15) is 4.79 Å². The maximum Gasteiger partial charge on any atom is 0.152 e. The molecule has 2 rings (SSSR count). The van der Waals surface area contributed by atoms with E-state index in [1.807, 2.05) is 0 Å². The van der Waals surface area contributed by atoms with Crippen LogP contribution in [0.1, 0.15) is 51.9 Å². The van der Waals surface area contributed by atoms with Crippen LogP contribution in [-0.4, -0.2) is 30.6 Å². The van der Waals surface area contributed by atoms with Crippen molar-refractivity contribution in [1.29, 1.82) is 0 Å². The van der Waals surface area contributed by atoms with Crippen LogP contribution in [0.25, 0.3) is 0 Å². The number of nitrogens with one attached hydrogen (secondary N) is 1. The number of ether oxygens (including phenoxy) is 1. The van der Waals surface area contributed by atoms with Crippen LogP contribution in [0, 0.1) is 0 Å². The van der Waals surface area contributed by atoms with Gasteiger partial charge in [-0.25, -0.2) is 0 Å². The molecule has 2 unspecified atom stereocenters. The number of hydrogen-bond donors (Lipinski definition) is 1. The summed E-state index contributed by atoms with van der Waals surface area (Å²) in [6.07, 6.45) is 7.60. The number of rotatable bonds is 4. The molecule has 0 aromatic heterocycles. The first-order valence-corrected chi connectivity index (χ1v) is 6.61. The molecule has 3 nitrogen and oxygen atoms in total. The summed E-state index contributed by atoms with van der Waals surface area (Å²) >= 11 is 0. The van der Waals surface area contributed by atoms with Crippen LogP contribution >= 0.6 is 0 Å². The first kappa shape index (κ1) is 12.1. The fourth-order valence-electron chi connectivity index (χ4n) is 2.73. The monoisotopic (exact) mass is 225 g/mol. The summed E-state index contributed by atoms with van der Waals surface area (Å²) in [6, 6.07) is 0. The normalized spacial score (nSPS) is 35.2. The number of carbonyl (C=O) groups excluding carboxylic acids is 1. The standard InChI is InChI=1S/C13H23NO2/c1-13(8-2-3-9-14-13)12(15)7-6-11-5-4-10-16-11/h11,14H,2-10H2,1H3. The third-order valence-electron chi connectivity index (χ3n) is 3.95. The lowest BCUT2D eigenvalue weighted by Gasteiger charge is -2.33. The molecule has 2 aliphatic heterocycles. The van der Waals surface area contributed by atoms with Crippen LogP contribution in [0.5, 0.6) is 0 Å². The maximum absolute atomic E-state index is 12.2. The summed E-state index contributed by atoms with van der Waals surface area (Å²) < 4.78 is 5.55. The molecule has 2 atom stereocenters. The molecular weight excluding hydrogens is 202 g/mol. The third-order valence-corrected chi connectivity index (χ3v) is 3.95. The Morgan fingerprint density at radius 2 is 2.31 bits per heavy atom. The fraction of sp³-hybridized carbons (Fsp3) is 0.923. The van der Waals surface area contributed by atoms with E-state index in [4.69, 9.17) is 4.74 Å². The summed E-state index contributed by atoms with van der Waals surface area (Å²) in [5.41, 5.74) is -0.253. The predicted octanol–water partition coefficient (Wildman–Crippen LogP) is 2.05. The lowest BCUT2D eigenvalue weighted by Crippen LogP contribution is -2.52. The van der Waals surface area contributed by atoms with E-state index in [0.29, 0.717) is 18.3 Å². The second-order valence-electron chi connectivity index (χ2n) is 5.31. The summed E-state index contributed by atoms with van der Waals surface area (Å²) in [4.78, 5) is 12.2. The zero-order valence-electron chi connectivity index (χ0n) is 10.3. The molecular formula is C13H23NO2. The lowest BCUT2D eigenvalue weighted by atomic mass is 9.84. The molecule has 0 spiro atoms. The van der Waals surface area contributed by atoms with E-state index < -0.39 is 0 Å². The van der Waals surface area contributed by atoms with Crippen LogP contribution in [0.3, 0.4) is 0 Å². The van der Waals surface area contributed by atoms with E-state index in [-0.39, 0.29) is 5.54 Å². The van der Waals surface area contributed by atoms with Crippen LogP contribution in [0.2, 0.25) is 0 Å². The number of Topliss-reactive ketones (excluding diaryl/α,β-unsaturated/α-hetero) is 1. The first-order chi connectivity index (χ1) is 7.71. The van der Waals surface area contributed by atoms with Crippen molar-refractivity contribution in [2.45, 2.75) is 63.5 Å². The number of hydrogen-bond acceptors (Lipinski definition) is 3. The summed E-state index contributed by atoms with van der Waals surface area (Å²) in [7, 11) is 0. The van der Waals surface area contributed by atoms with Gasteiger partial charge in [-0.15, -0.1) is 0 Å². The Morgan fingerprint density at radius 1 is 1.44 bits per heavy atom. The van der Waals surface area contributed by atoms with Crippen LogP contribution < -0.4 is 5.32 Å². The molecule has 2 fully saturated rings. The third kappa shape index (κ3) is 2.83. The molecule has 0 aromatic carbocycles. The first-order valence-electron chi connectivity index (χ1n) is 6.61. The van der Waals surface area contributed by atoms with E-state index >= 15 is 0 Å². The molecule has 0 amide bonds. The van der Waals surface area contributed by atoms with Crippen molar-refractivity contribution in [1.82, 2.24) is 5.32 Å². The zero-order chi connectivity index (χ0) is 11.4. The Balaban J connectivity index is 1.77. The van der Waals surface area contributed by atoms with Crippen LogP contribution in [0.4, 0.5) is 0 Å². The van der Waals surface area contributed by atoms with Gasteiger partial charge in [-0.05, 0) is 52.0 Å². The summed E-state index contributed by atoms with van der Waals surface area (Å²) in [5, 5.41) is 3.38. The van der Waals surface area contributed by atoms with Crippen LogP contribution in [-0.2, 0) is 9.53 Å². The number of piperidine rings is 1. The van der Waals surface area contributed by atoms with E-state index in [2.05, 4.69) is 12.2 Å². The lowest BCUT2D eigenvalue weighted by molar-refractivity contribution is -0.126. The van der Waals surface area contributed by atoms with Gasteiger partial charge in [0.1, 0.15) is 0 Å². The van der Waals surface area contributed by atoms with Crippen molar-refractivity contribution in [3.8, 4) is 0 Å². The summed E-state index contributed by atoms with van der Waals surface area (Å²) in [6.45, 7) is 3.93. The van der Waals surface area contributed by atoms with E-state index in [1.165, 1.54) is 12.8 Å². The summed E-state index contributed by atoms with van der Waals surface area (Å²) in [5.74, 6) is 0.378. The molecule has 2 aliphatic rings. The molecule has 0 saturated carbocycles. The van der Waals surface area contributed by atoms with Crippen molar-refractivity contribution in [3.63, 3.8) is 0 Å². The van der Waals surface area contributed by atoms with Gasteiger partial charge in [0.2, 0.25) is 0 Å². The highest BCUT2D eigenvalue weighted by Crippen LogP contribution is 2.24. The molecule has 0 aliphatic carbocycles. The topological polar surface area (TPSA) is 38.3 Å². The van der Waals surface area contributed by atoms with Crippen molar-refractivity contribution >= 4 is 5.78 Å². The largest absolute Gasteiger partial charge is 0.378 e. The average Bonchev–Trinajstić information content (AvgIpc) is 2.79. The Bertz CT molecular complexity index is 240. The molecule has 0 bridgehead atoms. The Morgan fingerprint density at radius 3 is 2.94 bits per heavy atom. The molecule has 16 heavy (non-hydrogen) atoms. The van der Waals surface area contributed by atoms with Gasteiger partial charge in [0.15, 0.2) is 5.78 Å². The Hall–Kier alpha value is -0.410. The van der Waals surface area contributed by atoms with Crippen LogP contribution in [0.15, 0.2) is 0 Å². The Kier molecular flexibility index (Phi) is 3.98. The van der Waals surface area contributed by atoms with Crippen molar-refractivity contribution < 1.29 is 9.53 Å². The predicted molar refractivity (Wildman–Crippen MR) is 63.5 cm³/mol. The molecule has 0 aromatic rings. The average molecular weight is 225 g/mol. The van der Waals surface area contributed by atoms with Gasteiger partial charge in [0, 0.05) is 13.0 Å².